The number of rotatable bonds is 14. The summed E-state index contributed by atoms with van der Waals surface area (Å²) in [6.45, 7) is 19.6. The maximum absolute atomic E-state index is 8.83. The molecular formula is C20H35NO. The number of aliphatic hydroxyl groups excluding tert-OH is 1. The van der Waals surface area contributed by atoms with Gasteiger partial charge in [0.25, 0.3) is 0 Å². The van der Waals surface area contributed by atoms with Crippen LogP contribution in [0.1, 0.15) is 46.0 Å². The Balaban J connectivity index is 4.35. The van der Waals surface area contributed by atoms with Gasteiger partial charge in [0.15, 0.2) is 0 Å². The van der Waals surface area contributed by atoms with Gasteiger partial charge in [-0.25, -0.2) is 0 Å². The molecule has 1 N–H and O–H groups in total. The Morgan fingerprint density at radius 3 is 2.45 bits per heavy atom. The molecule has 22 heavy (non-hydrogen) atoms. The smallest absolute Gasteiger partial charge is 0.0431 e. The van der Waals surface area contributed by atoms with Gasteiger partial charge in [0.1, 0.15) is 0 Å². The quantitative estimate of drug-likeness (QED) is 0.370. The second-order valence-electron chi connectivity index (χ2n) is 5.99. The summed E-state index contributed by atoms with van der Waals surface area (Å²) in [5, 5.41) is 8.83. The molecule has 0 bridgehead atoms. The summed E-state index contributed by atoms with van der Waals surface area (Å²) < 4.78 is 0. The van der Waals surface area contributed by atoms with E-state index in [9.17, 15) is 0 Å². The molecule has 0 amide bonds. The Hall–Kier alpha value is -1.12. The van der Waals surface area contributed by atoms with E-state index in [-0.39, 0.29) is 0 Å². The number of nitrogens with zero attached hydrogens (tertiary/aromatic N) is 1. The van der Waals surface area contributed by atoms with E-state index in [2.05, 4.69) is 50.6 Å². The van der Waals surface area contributed by atoms with Crippen LogP contribution >= 0.6 is 0 Å². The summed E-state index contributed by atoms with van der Waals surface area (Å²) in [6, 6.07) is 0. The van der Waals surface area contributed by atoms with Crippen LogP contribution in [0.4, 0.5) is 0 Å². The lowest BCUT2D eigenvalue weighted by molar-refractivity contribution is 0.261. The minimum absolute atomic E-state index is 0.307. The monoisotopic (exact) mass is 305 g/mol. The summed E-state index contributed by atoms with van der Waals surface area (Å²) in [5.41, 5.74) is 2.28. The first kappa shape index (κ1) is 20.9. The summed E-state index contributed by atoms with van der Waals surface area (Å²) in [7, 11) is 0. The van der Waals surface area contributed by atoms with Crippen molar-refractivity contribution in [3.8, 4) is 0 Å². The molecule has 0 aromatic carbocycles. The van der Waals surface area contributed by atoms with E-state index in [1.165, 1.54) is 18.4 Å². The van der Waals surface area contributed by atoms with Gasteiger partial charge in [-0.2, -0.15) is 0 Å². The standard InChI is InChI=1S/C20H35NO/c1-6-18(3)13-12-15-21(14-10-8-9-11-16-22)17-20(5)19(4)7-2/h7,12-13,20,22H,2-4,6,8-11,14-17H2,1,5H3/b13-12+. The second-order valence-corrected chi connectivity index (χ2v) is 5.99. The van der Waals surface area contributed by atoms with Crippen LogP contribution in [0.25, 0.3) is 0 Å². The van der Waals surface area contributed by atoms with Gasteiger partial charge in [-0.3, -0.25) is 4.90 Å². The maximum Gasteiger partial charge on any atom is 0.0431 e. The molecule has 0 radical (unpaired) electrons. The lowest BCUT2D eigenvalue weighted by atomic mass is 10.0. The molecule has 0 spiro atoms. The van der Waals surface area contributed by atoms with Gasteiger partial charge in [-0.05, 0) is 31.7 Å². The van der Waals surface area contributed by atoms with E-state index in [1.54, 1.807) is 0 Å². The molecule has 0 aliphatic carbocycles. The largest absolute Gasteiger partial charge is 0.396 e. The van der Waals surface area contributed by atoms with Crippen molar-refractivity contribution < 1.29 is 5.11 Å². The van der Waals surface area contributed by atoms with E-state index in [0.717, 1.165) is 44.5 Å². The Bertz CT molecular complexity index is 357. The summed E-state index contributed by atoms with van der Waals surface area (Å²) in [5.74, 6) is 0.428. The molecule has 0 saturated heterocycles. The van der Waals surface area contributed by atoms with E-state index in [4.69, 9.17) is 5.11 Å². The van der Waals surface area contributed by atoms with Crippen LogP contribution < -0.4 is 0 Å². The number of unbranched alkanes of at least 4 members (excludes halogenated alkanes) is 3. The van der Waals surface area contributed by atoms with Crippen molar-refractivity contribution in [3.05, 3.63) is 49.1 Å². The van der Waals surface area contributed by atoms with Gasteiger partial charge >= 0.3 is 0 Å². The van der Waals surface area contributed by atoms with Crippen LogP contribution in [0.5, 0.6) is 0 Å². The molecule has 0 heterocycles. The Labute approximate surface area is 137 Å². The molecule has 2 heteroatoms. The summed E-state index contributed by atoms with van der Waals surface area (Å²) in [4.78, 5) is 2.47. The first-order chi connectivity index (χ1) is 10.5. The van der Waals surface area contributed by atoms with Crippen molar-refractivity contribution in [1.82, 2.24) is 4.90 Å². The van der Waals surface area contributed by atoms with E-state index < -0.39 is 0 Å². The third kappa shape index (κ3) is 10.6. The molecule has 0 rings (SSSR count). The summed E-state index contributed by atoms with van der Waals surface area (Å²) >= 11 is 0. The molecule has 0 saturated carbocycles. The molecule has 1 atom stereocenters. The van der Waals surface area contributed by atoms with E-state index in [0.29, 0.717) is 12.5 Å². The highest BCUT2D eigenvalue weighted by Gasteiger charge is 2.10. The minimum atomic E-state index is 0.307. The van der Waals surface area contributed by atoms with Gasteiger partial charge < -0.3 is 5.11 Å². The third-order valence-corrected chi connectivity index (χ3v) is 3.98. The highest BCUT2D eigenvalue weighted by Crippen LogP contribution is 2.12. The number of hydrogen-bond donors (Lipinski definition) is 1. The van der Waals surface area contributed by atoms with Crippen molar-refractivity contribution in [2.45, 2.75) is 46.0 Å². The topological polar surface area (TPSA) is 23.5 Å². The van der Waals surface area contributed by atoms with Gasteiger partial charge in [-0.1, -0.05) is 75.8 Å². The highest BCUT2D eigenvalue weighted by atomic mass is 16.2. The van der Waals surface area contributed by atoms with Crippen molar-refractivity contribution in [2.75, 3.05) is 26.2 Å². The van der Waals surface area contributed by atoms with Gasteiger partial charge in [0, 0.05) is 19.7 Å². The Morgan fingerprint density at radius 2 is 1.86 bits per heavy atom. The van der Waals surface area contributed by atoms with Crippen molar-refractivity contribution in [1.29, 1.82) is 0 Å². The van der Waals surface area contributed by atoms with Crippen molar-refractivity contribution in [2.24, 2.45) is 5.92 Å². The van der Waals surface area contributed by atoms with Crippen molar-refractivity contribution >= 4 is 0 Å². The zero-order valence-corrected chi connectivity index (χ0v) is 14.7. The van der Waals surface area contributed by atoms with E-state index >= 15 is 0 Å². The predicted octanol–water partition coefficient (Wildman–Crippen LogP) is 4.74. The fraction of sp³-hybridized carbons (Fsp3) is 0.600. The number of aliphatic hydroxyl groups is 1. The average Bonchev–Trinajstić information content (AvgIpc) is 2.53. The molecule has 0 aromatic heterocycles. The number of allylic oxidation sites excluding steroid dienone is 3. The molecule has 2 nitrogen and oxygen atoms in total. The normalized spacial score (nSPS) is 12.7. The SMILES string of the molecule is C=CC(=C)C(C)CN(C/C=C/C(=C)CC)CCCCCCO. The van der Waals surface area contributed by atoms with E-state index in [1.807, 2.05) is 6.08 Å². The predicted molar refractivity (Wildman–Crippen MR) is 99.1 cm³/mol. The zero-order chi connectivity index (χ0) is 16.8. The average molecular weight is 306 g/mol. The van der Waals surface area contributed by atoms with Crippen LogP contribution in [0.2, 0.25) is 0 Å². The molecule has 1 unspecified atom stereocenters. The van der Waals surface area contributed by atoms with Crippen molar-refractivity contribution in [3.63, 3.8) is 0 Å². The molecular weight excluding hydrogens is 270 g/mol. The summed E-state index contributed by atoms with van der Waals surface area (Å²) in [6.07, 6.45) is 11.6. The molecule has 0 aromatic rings. The highest BCUT2D eigenvalue weighted by molar-refractivity contribution is 5.15. The molecule has 0 aliphatic heterocycles. The van der Waals surface area contributed by atoms with Crippen LogP contribution in [-0.2, 0) is 0 Å². The van der Waals surface area contributed by atoms with Crippen LogP contribution in [0, 0.1) is 5.92 Å². The van der Waals surface area contributed by atoms with Crippen LogP contribution in [-0.4, -0.2) is 36.2 Å². The van der Waals surface area contributed by atoms with Gasteiger partial charge in [-0.15, -0.1) is 0 Å². The Kier molecular flexibility index (Phi) is 12.8. The molecule has 0 fully saturated rings. The molecule has 0 aliphatic rings. The molecule has 126 valence electrons. The van der Waals surface area contributed by atoms with Gasteiger partial charge in [0.2, 0.25) is 0 Å². The lowest BCUT2D eigenvalue weighted by Gasteiger charge is -2.25. The minimum Gasteiger partial charge on any atom is -0.396 e. The first-order valence-electron chi connectivity index (χ1n) is 8.53. The second kappa shape index (κ2) is 13.5. The first-order valence-corrected chi connectivity index (χ1v) is 8.53. The zero-order valence-electron chi connectivity index (χ0n) is 14.7. The van der Waals surface area contributed by atoms with Crippen LogP contribution in [0.15, 0.2) is 49.1 Å². The fourth-order valence-corrected chi connectivity index (χ4v) is 2.25. The number of hydrogen-bond acceptors (Lipinski definition) is 2. The lowest BCUT2D eigenvalue weighted by Crippen LogP contribution is -2.30. The third-order valence-electron chi connectivity index (χ3n) is 3.98. The fourth-order valence-electron chi connectivity index (χ4n) is 2.25. The van der Waals surface area contributed by atoms with Crippen LogP contribution in [0.3, 0.4) is 0 Å². The Morgan fingerprint density at radius 1 is 1.18 bits per heavy atom. The maximum atomic E-state index is 8.83. The van der Waals surface area contributed by atoms with Gasteiger partial charge in [0.05, 0.1) is 0 Å².